The van der Waals surface area contributed by atoms with Gasteiger partial charge in [-0.1, -0.05) is 12.1 Å². The molecule has 2 aromatic heterocycles. The molecule has 0 spiro atoms. The molecular weight excluding hydrogens is 250 g/mol. The van der Waals surface area contributed by atoms with Gasteiger partial charge in [0.2, 0.25) is 5.56 Å². The van der Waals surface area contributed by atoms with E-state index in [1.165, 1.54) is 5.56 Å². The second-order valence-electron chi connectivity index (χ2n) is 5.23. The van der Waals surface area contributed by atoms with Gasteiger partial charge in [0.25, 0.3) is 0 Å². The van der Waals surface area contributed by atoms with Gasteiger partial charge in [0, 0.05) is 42.7 Å². The predicted molar refractivity (Wildman–Crippen MR) is 78.7 cm³/mol. The van der Waals surface area contributed by atoms with Crippen molar-refractivity contribution >= 4 is 0 Å². The van der Waals surface area contributed by atoms with Gasteiger partial charge in [0.15, 0.2) is 0 Å². The van der Waals surface area contributed by atoms with Gasteiger partial charge in [-0.3, -0.25) is 9.78 Å². The van der Waals surface area contributed by atoms with Gasteiger partial charge in [-0.15, -0.1) is 0 Å². The topological polar surface area (TPSA) is 57.8 Å². The highest BCUT2D eigenvalue weighted by atomic mass is 16.1. The first-order chi connectivity index (χ1) is 9.83. The molecule has 0 bridgehead atoms. The lowest BCUT2D eigenvalue weighted by Crippen LogP contribution is -2.29. The van der Waals surface area contributed by atoms with E-state index in [2.05, 4.69) is 15.3 Å². The fourth-order valence-corrected chi connectivity index (χ4v) is 2.83. The third-order valence-corrected chi connectivity index (χ3v) is 3.83. The number of hydrogen-bond donors (Lipinski definition) is 2. The first-order valence-corrected chi connectivity index (χ1v) is 7.18. The van der Waals surface area contributed by atoms with Gasteiger partial charge >= 0.3 is 0 Å². The summed E-state index contributed by atoms with van der Waals surface area (Å²) in [5.41, 5.74) is 3.45. The Morgan fingerprint density at radius 3 is 3.10 bits per heavy atom. The van der Waals surface area contributed by atoms with Crippen molar-refractivity contribution in [3.05, 3.63) is 63.8 Å². The molecule has 4 heteroatoms. The first kappa shape index (κ1) is 13.1. The van der Waals surface area contributed by atoms with E-state index < -0.39 is 0 Å². The van der Waals surface area contributed by atoms with Gasteiger partial charge in [-0.05, 0) is 37.0 Å². The molecule has 2 N–H and O–H groups in total. The molecule has 4 nitrogen and oxygen atoms in total. The summed E-state index contributed by atoms with van der Waals surface area (Å²) in [6.45, 7) is 0.903. The van der Waals surface area contributed by atoms with Crippen LogP contribution in [0.1, 0.15) is 35.8 Å². The number of aromatic nitrogens is 2. The Kier molecular flexibility index (Phi) is 3.92. The molecule has 0 fully saturated rings. The summed E-state index contributed by atoms with van der Waals surface area (Å²) in [6, 6.07) is 9.93. The van der Waals surface area contributed by atoms with Gasteiger partial charge in [-0.2, -0.15) is 0 Å². The van der Waals surface area contributed by atoms with Crippen molar-refractivity contribution < 1.29 is 0 Å². The van der Waals surface area contributed by atoms with E-state index >= 15 is 0 Å². The van der Waals surface area contributed by atoms with Crippen molar-refractivity contribution in [3.8, 4) is 0 Å². The fraction of sp³-hybridized carbons (Fsp3) is 0.375. The molecule has 0 saturated heterocycles. The van der Waals surface area contributed by atoms with Crippen LogP contribution in [-0.2, 0) is 12.8 Å². The van der Waals surface area contributed by atoms with Crippen LogP contribution in [0.3, 0.4) is 0 Å². The predicted octanol–water partition coefficient (Wildman–Crippen LogP) is 1.98. The van der Waals surface area contributed by atoms with Crippen molar-refractivity contribution in [2.45, 2.75) is 31.7 Å². The van der Waals surface area contributed by atoms with Crippen LogP contribution >= 0.6 is 0 Å². The van der Waals surface area contributed by atoms with Crippen LogP contribution in [0.5, 0.6) is 0 Å². The molecule has 0 aromatic carbocycles. The van der Waals surface area contributed by atoms with E-state index in [1.807, 2.05) is 30.5 Å². The minimum atomic E-state index is -0.00196. The Hall–Kier alpha value is -1.94. The number of rotatable bonds is 4. The molecule has 1 aliphatic carbocycles. The van der Waals surface area contributed by atoms with E-state index in [9.17, 15) is 4.79 Å². The van der Waals surface area contributed by atoms with Crippen LogP contribution in [0, 0.1) is 0 Å². The zero-order chi connectivity index (χ0) is 13.8. The molecule has 104 valence electrons. The van der Waals surface area contributed by atoms with Crippen LogP contribution in [0.2, 0.25) is 0 Å². The number of aryl methyl sites for hydroxylation is 1. The smallest absolute Gasteiger partial charge is 0.248 e. The second kappa shape index (κ2) is 6.01. The minimum absolute atomic E-state index is 0.00196. The number of nitrogens with one attached hydrogen (secondary N) is 2. The maximum absolute atomic E-state index is 11.4. The lowest BCUT2D eigenvalue weighted by atomic mass is 9.91. The quantitative estimate of drug-likeness (QED) is 0.892. The van der Waals surface area contributed by atoms with Crippen molar-refractivity contribution in [3.63, 3.8) is 0 Å². The molecular formula is C16H19N3O. The van der Waals surface area contributed by atoms with E-state index in [-0.39, 0.29) is 5.56 Å². The molecule has 1 aliphatic rings. The summed E-state index contributed by atoms with van der Waals surface area (Å²) in [6.07, 6.45) is 5.98. The highest BCUT2D eigenvalue weighted by molar-refractivity contribution is 5.26. The SMILES string of the molecule is O=c1ccc2c([nH]1)CCCC2NCCc1ccccn1. The van der Waals surface area contributed by atoms with Crippen LogP contribution in [0.25, 0.3) is 0 Å². The molecule has 3 rings (SSSR count). The maximum Gasteiger partial charge on any atom is 0.248 e. The number of fused-ring (bicyclic) bond motifs is 1. The number of aromatic amines is 1. The molecule has 0 amide bonds. The van der Waals surface area contributed by atoms with Crippen LogP contribution in [0.4, 0.5) is 0 Å². The van der Waals surface area contributed by atoms with Gasteiger partial charge < -0.3 is 10.3 Å². The molecule has 20 heavy (non-hydrogen) atoms. The number of pyridine rings is 2. The van der Waals surface area contributed by atoms with Crippen molar-refractivity contribution in [1.29, 1.82) is 0 Å². The lowest BCUT2D eigenvalue weighted by Gasteiger charge is -2.26. The molecule has 2 heterocycles. The standard InChI is InChI=1S/C16H19N3O/c20-16-8-7-13-14(5-3-6-15(13)19-16)18-11-9-12-4-1-2-10-17-12/h1-2,4,7-8,10,14,18H,3,5-6,9,11H2,(H,19,20). The molecule has 0 saturated carbocycles. The van der Waals surface area contributed by atoms with E-state index in [1.54, 1.807) is 6.07 Å². The average Bonchev–Trinajstić information content (AvgIpc) is 2.48. The Morgan fingerprint density at radius 2 is 2.25 bits per heavy atom. The summed E-state index contributed by atoms with van der Waals surface area (Å²) in [5.74, 6) is 0. The van der Waals surface area contributed by atoms with Crippen molar-refractivity contribution in [2.75, 3.05) is 6.54 Å². The second-order valence-corrected chi connectivity index (χ2v) is 5.23. The van der Waals surface area contributed by atoms with E-state index in [0.29, 0.717) is 6.04 Å². The monoisotopic (exact) mass is 269 g/mol. The van der Waals surface area contributed by atoms with Gasteiger partial charge in [-0.25, -0.2) is 0 Å². The maximum atomic E-state index is 11.4. The Bertz CT molecular complexity index is 621. The largest absolute Gasteiger partial charge is 0.326 e. The number of hydrogen-bond acceptors (Lipinski definition) is 3. The van der Waals surface area contributed by atoms with Crippen LogP contribution < -0.4 is 10.9 Å². The fourth-order valence-electron chi connectivity index (χ4n) is 2.83. The lowest BCUT2D eigenvalue weighted by molar-refractivity contribution is 0.456. The highest BCUT2D eigenvalue weighted by Gasteiger charge is 2.19. The normalized spacial score (nSPS) is 17.7. The highest BCUT2D eigenvalue weighted by Crippen LogP contribution is 2.27. The average molecular weight is 269 g/mol. The van der Waals surface area contributed by atoms with Gasteiger partial charge in [0.1, 0.15) is 0 Å². The van der Waals surface area contributed by atoms with E-state index in [0.717, 1.165) is 43.6 Å². The minimum Gasteiger partial charge on any atom is -0.326 e. The van der Waals surface area contributed by atoms with Crippen molar-refractivity contribution in [1.82, 2.24) is 15.3 Å². The van der Waals surface area contributed by atoms with Crippen LogP contribution in [-0.4, -0.2) is 16.5 Å². The zero-order valence-electron chi connectivity index (χ0n) is 11.4. The zero-order valence-corrected chi connectivity index (χ0v) is 11.4. The van der Waals surface area contributed by atoms with E-state index in [4.69, 9.17) is 0 Å². The third-order valence-electron chi connectivity index (χ3n) is 3.83. The van der Waals surface area contributed by atoms with Crippen molar-refractivity contribution in [2.24, 2.45) is 0 Å². The molecule has 1 unspecified atom stereocenters. The molecule has 0 aliphatic heterocycles. The van der Waals surface area contributed by atoms with Gasteiger partial charge in [0.05, 0.1) is 0 Å². The molecule has 2 aromatic rings. The summed E-state index contributed by atoms with van der Waals surface area (Å²) in [7, 11) is 0. The number of nitrogens with zero attached hydrogens (tertiary/aromatic N) is 1. The van der Waals surface area contributed by atoms with Crippen LogP contribution in [0.15, 0.2) is 41.3 Å². The Morgan fingerprint density at radius 1 is 1.30 bits per heavy atom. The summed E-state index contributed by atoms with van der Waals surface area (Å²) < 4.78 is 0. The summed E-state index contributed by atoms with van der Waals surface area (Å²) >= 11 is 0. The summed E-state index contributed by atoms with van der Waals surface area (Å²) in [5, 5.41) is 3.58. The third kappa shape index (κ3) is 2.96. The molecule has 0 radical (unpaired) electrons. The Labute approximate surface area is 118 Å². The summed E-state index contributed by atoms with van der Waals surface area (Å²) in [4.78, 5) is 18.7. The molecule has 1 atom stereocenters. The Balaban J connectivity index is 1.63. The first-order valence-electron chi connectivity index (χ1n) is 7.18. The number of H-pyrrole nitrogens is 1.